The van der Waals surface area contributed by atoms with Crippen LogP contribution in [-0.4, -0.2) is 23.8 Å². The summed E-state index contributed by atoms with van der Waals surface area (Å²) in [5, 5.41) is 2.09. The highest BCUT2D eigenvalue weighted by atomic mass is 79.9. The maximum atomic E-state index is 12.1. The Labute approximate surface area is 141 Å². The van der Waals surface area contributed by atoms with Gasteiger partial charge in [-0.3, -0.25) is 9.69 Å². The SMILES string of the molecule is CN1C(=O)C[C@@](C)(c2cc(-c3cccc(Br)c3)cs2)N=C1N. The average molecular weight is 378 g/mol. The van der Waals surface area contributed by atoms with E-state index in [4.69, 9.17) is 5.73 Å². The topological polar surface area (TPSA) is 58.7 Å². The molecule has 2 aromatic rings. The molecular formula is C16H16BrN3OS. The van der Waals surface area contributed by atoms with Gasteiger partial charge < -0.3 is 5.73 Å². The van der Waals surface area contributed by atoms with Crippen molar-refractivity contribution in [3.63, 3.8) is 0 Å². The van der Waals surface area contributed by atoms with Crippen molar-refractivity contribution < 1.29 is 4.79 Å². The molecule has 1 aromatic carbocycles. The molecule has 0 spiro atoms. The van der Waals surface area contributed by atoms with Crippen molar-refractivity contribution in [2.24, 2.45) is 10.7 Å². The van der Waals surface area contributed by atoms with Crippen molar-refractivity contribution in [2.75, 3.05) is 7.05 Å². The van der Waals surface area contributed by atoms with Crippen LogP contribution in [-0.2, 0) is 10.3 Å². The lowest BCUT2D eigenvalue weighted by Gasteiger charge is -2.32. The number of halogens is 1. The van der Waals surface area contributed by atoms with Crippen LogP contribution in [0.3, 0.4) is 0 Å². The first-order valence-electron chi connectivity index (χ1n) is 6.86. The third kappa shape index (κ3) is 2.68. The lowest BCUT2D eigenvalue weighted by atomic mass is 9.93. The maximum absolute atomic E-state index is 12.1. The Hall–Kier alpha value is -1.66. The number of hydrogen-bond acceptors (Lipinski definition) is 4. The second-order valence-electron chi connectivity index (χ2n) is 5.58. The average Bonchev–Trinajstić information content (AvgIpc) is 2.95. The Morgan fingerprint density at radius 3 is 2.82 bits per heavy atom. The quantitative estimate of drug-likeness (QED) is 0.869. The van der Waals surface area contributed by atoms with E-state index in [0.29, 0.717) is 6.42 Å². The normalized spacial score (nSPS) is 21.9. The Balaban J connectivity index is 1.99. The van der Waals surface area contributed by atoms with Crippen molar-refractivity contribution >= 4 is 39.1 Å². The number of nitrogens with zero attached hydrogens (tertiary/aromatic N) is 2. The number of rotatable bonds is 2. The van der Waals surface area contributed by atoms with E-state index in [1.165, 1.54) is 4.90 Å². The van der Waals surface area contributed by atoms with Gasteiger partial charge in [-0.15, -0.1) is 11.3 Å². The Bertz CT molecular complexity index is 770. The number of benzene rings is 1. The summed E-state index contributed by atoms with van der Waals surface area (Å²) in [6.45, 7) is 1.96. The molecule has 3 rings (SSSR count). The lowest BCUT2D eigenvalue weighted by Crippen LogP contribution is -2.47. The molecule has 6 heteroatoms. The minimum Gasteiger partial charge on any atom is -0.369 e. The number of thiophene rings is 1. The Morgan fingerprint density at radius 1 is 1.36 bits per heavy atom. The van der Waals surface area contributed by atoms with Crippen molar-refractivity contribution in [3.8, 4) is 11.1 Å². The molecule has 0 unspecified atom stereocenters. The first kappa shape index (κ1) is 15.2. The highest BCUT2D eigenvalue weighted by Gasteiger charge is 2.37. The summed E-state index contributed by atoms with van der Waals surface area (Å²) < 4.78 is 1.04. The zero-order chi connectivity index (χ0) is 15.9. The molecular weight excluding hydrogens is 362 g/mol. The fourth-order valence-corrected chi connectivity index (χ4v) is 3.91. The van der Waals surface area contributed by atoms with E-state index in [2.05, 4.69) is 44.5 Å². The molecule has 0 fully saturated rings. The Kier molecular flexibility index (Phi) is 3.82. The number of aliphatic imine (C=N–C) groups is 1. The van der Waals surface area contributed by atoms with Crippen LogP contribution in [0.1, 0.15) is 18.2 Å². The fraction of sp³-hybridized carbons (Fsp3) is 0.250. The molecule has 0 bridgehead atoms. The van der Waals surface area contributed by atoms with Crippen molar-refractivity contribution in [2.45, 2.75) is 18.9 Å². The van der Waals surface area contributed by atoms with Gasteiger partial charge in [-0.05, 0) is 41.6 Å². The molecule has 22 heavy (non-hydrogen) atoms. The van der Waals surface area contributed by atoms with Gasteiger partial charge in [-0.1, -0.05) is 28.1 Å². The van der Waals surface area contributed by atoms with E-state index in [1.807, 2.05) is 19.1 Å². The zero-order valence-electron chi connectivity index (χ0n) is 12.3. The van der Waals surface area contributed by atoms with Crippen LogP contribution < -0.4 is 5.73 Å². The number of carbonyl (C=O) groups excluding carboxylic acids is 1. The van der Waals surface area contributed by atoms with E-state index in [9.17, 15) is 4.79 Å². The smallest absolute Gasteiger partial charge is 0.231 e. The molecule has 0 aliphatic carbocycles. The fourth-order valence-electron chi connectivity index (χ4n) is 2.49. The zero-order valence-corrected chi connectivity index (χ0v) is 14.7. The standard InChI is InChI=1S/C16H16BrN3OS/c1-16(8-14(21)20(2)15(18)19-16)13-7-11(9-22-13)10-4-3-5-12(17)6-10/h3-7,9H,8H2,1-2H3,(H2,18,19)/t16-/m0/s1. The van der Waals surface area contributed by atoms with Crippen LogP contribution in [0.25, 0.3) is 11.1 Å². The predicted molar refractivity (Wildman–Crippen MR) is 93.8 cm³/mol. The molecule has 1 atom stereocenters. The van der Waals surface area contributed by atoms with Crippen LogP contribution in [0.15, 0.2) is 45.2 Å². The highest BCUT2D eigenvalue weighted by Crippen LogP contribution is 2.39. The van der Waals surface area contributed by atoms with E-state index in [1.54, 1.807) is 18.4 Å². The largest absolute Gasteiger partial charge is 0.369 e. The predicted octanol–water partition coefficient (Wildman–Crippen LogP) is 3.57. The third-order valence-electron chi connectivity index (χ3n) is 3.86. The van der Waals surface area contributed by atoms with E-state index in [0.717, 1.165) is 20.5 Å². The molecule has 4 nitrogen and oxygen atoms in total. The van der Waals surface area contributed by atoms with Gasteiger partial charge in [0, 0.05) is 16.4 Å². The summed E-state index contributed by atoms with van der Waals surface area (Å²) in [5.74, 6) is 0.267. The van der Waals surface area contributed by atoms with Gasteiger partial charge in [-0.2, -0.15) is 0 Å². The number of guanidine groups is 1. The lowest BCUT2D eigenvalue weighted by molar-refractivity contribution is -0.128. The van der Waals surface area contributed by atoms with Crippen LogP contribution in [0.4, 0.5) is 0 Å². The van der Waals surface area contributed by atoms with Gasteiger partial charge in [0.25, 0.3) is 0 Å². The maximum Gasteiger partial charge on any atom is 0.231 e. The molecule has 0 saturated heterocycles. The van der Waals surface area contributed by atoms with Gasteiger partial charge in [0.15, 0.2) is 5.96 Å². The van der Waals surface area contributed by atoms with Crippen LogP contribution >= 0.6 is 27.3 Å². The first-order chi connectivity index (χ1) is 10.4. The van der Waals surface area contributed by atoms with Gasteiger partial charge in [-0.25, -0.2) is 4.99 Å². The second kappa shape index (κ2) is 5.52. The molecule has 1 aliphatic rings. The van der Waals surface area contributed by atoms with Crippen LogP contribution in [0.5, 0.6) is 0 Å². The Morgan fingerprint density at radius 2 is 2.14 bits per heavy atom. The third-order valence-corrected chi connectivity index (χ3v) is 5.54. The molecule has 0 radical (unpaired) electrons. The molecule has 0 saturated carbocycles. The molecule has 1 aliphatic heterocycles. The van der Waals surface area contributed by atoms with Gasteiger partial charge in [0.05, 0.1) is 6.42 Å². The highest BCUT2D eigenvalue weighted by molar-refractivity contribution is 9.10. The van der Waals surface area contributed by atoms with Gasteiger partial charge in [0.1, 0.15) is 5.54 Å². The van der Waals surface area contributed by atoms with E-state index in [-0.39, 0.29) is 11.9 Å². The van der Waals surface area contributed by atoms with E-state index >= 15 is 0 Å². The second-order valence-corrected chi connectivity index (χ2v) is 7.41. The molecule has 2 N–H and O–H groups in total. The minimum atomic E-state index is -0.581. The van der Waals surface area contributed by atoms with Crippen LogP contribution in [0, 0.1) is 0 Å². The van der Waals surface area contributed by atoms with Crippen LogP contribution in [0.2, 0.25) is 0 Å². The van der Waals surface area contributed by atoms with E-state index < -0.39 is 5.54 Å². The summed E-state index contributed by atoms with van der Waals surface area (Å²) >= 11 is 5.10. The summed E-state index contributed by atoms with van der Waals surface area (Å²) in [7, 11) is 1.65. The monoisotopic (exact) mass is 377 g/mol. The summed E-state index contributed by atoms with van der Waals surface area (Å²) in [6.07, 6.45) is 0.336. The number of carbonyl (C=O) groups is 1. The van der Waals surface area contributed by atoms with Crippen molar-refractivity contribution in [3.05, 3.63) is 45.1 Å². The minimum absolute atomic E-state index is 0.00703. The summed E-state index contributed by atoms with van der Waals surface area (Å²) in [6, 6.07) is 10.2. The molecule has 1 amide bonds. The number of amides is 1. The van der Waals surface area contributed by atoms with Gasteiger partial charge >= 0.3 is 0 Å². The molecule has 2 heterocycles. The molecule has 114 valence electrons. The number of hydrogen-bond donors (Lipinski definition) is 1. The van der Waals surface area contributed by atoms with Crippen molar-refractivity contribution in [1.82, 2.24) is 4.90 Å². The molecule has 1 aromatic heterocycles. The van der Waals surface area contributed by atoms with Gasteiger partial charge in [0.2, 0.25) is 5.91 Å². The summed E-state index contributed by atoms with van der Waals surface area (Å²) in [5.41, 5.74) is 7.56. The van der Waals surface area contributed by atoms with Crippen molar-refractivity contribution in [1.29, 1.82) is 0 Å². The first-order valence-corrected chi connectivity index (χ1v) is 8.53. The number of nitrogens with two attached hydrogens (primary N) is 1. The summed E-state index contributed by atoms with van der Waals surface area (Å²) in [4.78, 5) is 19.1.